The van der Waals surface area contributed by atoms with Gasteiger partial charge in [-0.2, -0.15) is 11.3 Å². The van der Waals surface area contributed by atoms with E-state index < -0.39 is 0 Å². The number of alkyl halides is 1. The molecule has 1 atom stereocenters. The monoisotopic (exact) mass is 257 g/mol. The summed E-state index contributed by atoms with van der Waals surface area (Å²) in [5.41, 5.74) is 1.31. The molecule has 0 spiro atoms. The molecule has 0 saturated heterocycles. The Morgan fingerprint density at radius 3 is 3.06 bits per heavy atom. The van der Waals surface area contributed by atoms with Gasteiger partial charge in [0.25, 0.3) is 0 Å². The molecule has 0 aliphatic heterocycles. The summed E-state index contributed by atoms with van der Waals surface area (Å²) in [6, 6.07) is 2.53. The number of anilines is 1. The topological polar surface area (TPSA) is 51.0 Å². The molecule has 0 saturated carbocycles. The number of hydrogen-bond donors (Lipinski definition) is 1. The fraction of sp³-hybridized carbons (Fsp3) is 0.400. The van der Waals surface area contributed by atoms with Gasteiger partial charge < -0.3 is 9.73 Å². The van der Waals surface area contributed by atoms with Crippen LogP contribution in [0, 0.1) is 0 Å². The maximum Gasteiger partial charge on any atom is 0.315 e. The SMILES string of the molecule is CC(Cl)c1nnc(NCCc2ccsc2)o1. The van der Waals surface area contributed by atoms with Crippen molar-refractivity contribution in [3.63, 3.8) is 0 Å². The minimum Gasteiger partial charge on any atom is -0.407 e. The number of aromatic nitrogens is 2. The van der Waals surface area contributed by atoms with Crippen LogP contribution in [0.25, 0.3) is 0 Å². The Kier molecular flexibility index (Phi) is 3.79. The van der Waals surface area contributed by atoms with Gasteiger partial charge in [-0.15, -0.1) is 16.7 Å². The highest BCUT2D eigenvalue weighted by molar-refractivity contribution is 7.07. The van der Waals surface area contributed by atoms with Crippen molar-refractivity contribution < 1.29 is 4.42 Å². The molecule has 0 amide bonds. The Morgan fingerprint density at radius 1 is 1.56 bits per heavy atom. The summed E-state index contributed by atoms with van der Waals surface area (Å²) in [5, 5.41) is 14.7. The van der Waals surface area contributed by atoms with Crippen LogP contribution >= 0.6 is 22.9 Å². The normalized spacial score (nSPS) is 12.6. The van der Waals surface area contributed by atoms with Crippen molar-refractivity contribution in [3.05, 3.63) is 28.3 Å². The van der Waals surface area contributed by atoms with E-state index in [1.54, 1.807) is 18.3 Å². The number of nitrogens with zero attached hydrogens (tertiary/aromatic N) is 2. The highest BCUT2D eigenvalue weighted by Gasteiger charge is 2.10. The van der Waals surface area contributed by atoms with Gasteiger partial charge in [-0.3, -0.25) is 0 Å². The summed E-state index contributed by atoms with van der Waals surface area (Å²) in [4.78, 5) is 0. The highest BCUT2D eigenvalue weighted by atomic mass is 35.5. The van der Waals surface area contributed by atoms with Crippen LogP contribution in [0.15, 0.2) is 21.2 Å². The molecule has 0 bridgehead atoms. The van der Waals surface area contributed by atoms with Crippen LogP contribution in [0.2, 0.25) is 0 Å². The van der Waals surface area contributed by atoms with E-state index in [1.165, 1.54) is 5.56 Å². The van der Waals surface area contributed by atoms with E-state index in [4.69, 9.17) is 16.0 Å². The van der Waals surface area contributed by atoms with Crippen molar-refractivity contribution >= 4 is 29.0 Å². The third-order valence-electron chi connectivity index (χ3n) is 2.05. The summed E-state index contributed by atoms with van der Waals surface area (Å²) in [6.45, 7) is 2.57. The molecule has 86 valence electrons. The van der Waals surface area contributed by atoms with E-state index >= 15 is 0 Å². The first-order valence-electron chi connectivity index (χ1n) is 4.98. The molecule has 1 N–H and O–H groups in total. The van der Waals surface area contributed by atoms with Crippen LogP contribution in [0.3, 0.4) is 0 Å². The van der Waals surface area contributed by atoms with Gasteiger partial charge in [0, 0.05) is 6.54 Å². The summed E-state index contributed by atoms with van der Waals surface area (Å²) in [5.74, 6) is 0.444. The number of nitrogens with one attached hydrogen (secondary N) is 1. The first-order valence-corrected chi connectivity index (χ1v) is 6.36. The van der Waals surface area contributed by atoms with E-state index in [9.17, 15) is 0 Å². The quantitative estimate of drug-likeness (QED) is 0.837. The van der Waals surface area contributed by atoms with Crippen molar-refractivity contribution in [3.8, 4) is 0 Å². The number of thiophene rings is 1. The van der Waals surface area contributed by atoms with Gasteiger partial charge in [0.1, 0.15) is 5.38 Å². The Bertz CT molecular complexity index is 427. The smallest absolute Gasteiger partial charge is 0.315 e. The van der Waals surface area contributed by atoms with Crippen LogP contribution < -0.4 is 5.32 Å². The maximum atomic E-state index is 5.81. The zero-order chi connectivity index (χ0) is 11.4. The molecule has 0 radical (unpaired) electrons. The van der Waals surface area contributed by atoms with Gasteiger partial charge in [0.15, 0.2) is 0 Å². The lowest BCUT2D eigenvalue weighted by molar-refractivity contribution is 0.506. The van der Waals surface area contributed by atoms with E-state index in [1.807, 2.05) is 0 Å². The minimum atomic E-state index is -0.250. The molecule has 2 rings (SSSR count). The molecule has 2 heterocycles. The Morgan fingerprint density at radius 2 is 2.44 bits per heavy atom. The second kappa shape index (κ2) is 5.32. The van der Waals surface area contributed by atoms with E-state index in [-0.39, 0.29) is 5.38 Å². The molecule has 16 heavy (non-hydrogen) atoms. The van der Waals surface area contributed by atoms with Gasteiger partial charge >= 0.3 is 6.01 Å². The molecule has 2 aromatic rings. The third kappa shape index (κ3) is 2.96. The van der Waals surface area contributed by atoms with Gasteiger partial charge in [-0.25, -0.2) is 0 Å². The fourth-order valence-corrected chi connectivity index (χ4v) is 2.01. The van der Waals surface area contributed by atoms with Crippen molar-refractivity contribution in [2.75, 3.05) is 11.9 Å². The Balaban J connectivity index is 1.81. The van der Waals surface area contributed by atoms with Crippen LogP contribution in [0.4, 0.5) is 6.01 Å². The Labute approximate surface area is 103 Å². The lowest BCUT2D eigenvalue weighted by atomic mass is 10.2. The van der Waals surface area contributed by atoms with E-state index in [0.29, 0.717) is 11.9 Å². The van der Waals surface area contributed by atoms with E-state index in [2.05, 4.69) is 32.3 Å². The van der Waals surface area contributed by atoms with Gasteiger partial charge in [0.2, 0.25) is 5.89 Å². The maximum absolute atomic E-state index is 5.81. The molecule has 2 aromatic heterocycles. The average molecular weight is 258 g/mol. The standard InChI is InChI=1S/C10H12ClN3OS/c1-7(11)9-13-14-10(15-9)12-4-2-8-3-5-16-6-8/h3,5-7H,2,4H2,1H3,(H,12,14). The predicted molar refractivity (Wildman–Crippen MR) is 65.1 cm³/mol. The number of halogens is 1. The van der Waals surface area contributed by atoms with Crippen molar-refractivity contribution in [2.45, 2.75) is 18.7 Å². The first kappa shape index (κ1) is 11.4. The lowest BCUT2D eigenvalue weighted by Gasteiger charge is -1.99. The van der Waals surface area contributed by atoms with Crippen molar-refractivity contribution in [1.82, 2.24) is 10.2 Å². The molecule has 0 fully saturated rings. The van der Waals surface area contributed by atoms with Crippen LogP contribution in [-0.2, 0) is 6.42 Å². The van der Waals surface area contributed by atoms with Crippen molar-refractivity contribution in [1.29, 1.82) is 0 Å². The average Bonchev–Trinajstić information content (AvgIpc) is 2.87. The third-order valence-corrected chi connectivity index (χ3v) is 2.97. The molecule has 0 aromatic carbocycles. The molecule has 0 aliphatic rings. The molecule has 0 aliphatic carbocycles. The first-order chi connectivity index (χ1) is 7.75. The van der Waals surface area contributed by atoms with Crippen molar-refractivity contribution in [2.24, 2.45) is 0 Å². The second-order valence-electron chi connectivity index (χ2n) is 3.37. The van der Waals surface area contributed by atoms with Crippen LogP contribution in [-0.4, -0.2) is 16.7 Å². The zero-order valence-electron chi connectivity index (χ0n) is 8.81. The predicted octanol–water partition coefficient (Wildman–Crippen LogP) is 3.09. The second-order valence-corrected chi connectivity index (χ2v) is 4.80. The molecular weight excluding hydrogens is 246 g/mol. The molecule has 4 nitrogen and oxygen atoms in total. The molecule has 6 heteroatoms. The molecule has 1 unspecified atom stereocenters. The van der Waals surface area contributed by atoms with Gasteiger partial charge in [0.05, 0.1) is 0 Å². The summed E-state index contributed by atoms with van der Waals surface area (Å²) in [6.07, 6.45) is 0.942. The fourth-order valence-electron chi connectivity index (χ4n) is 1.22. The highest BCUT2D eigenvalue weighted by Crippen LogP contribution is 2.19. The largest absolute Gasteiger partial charge is 0.407 e. The Hall–Kier alpha value is -1.07. The number of rotatable bonds is 5. The summed E-state index contributed by atoms with van der Waals surface area (Å²) < 4.78 is 5.30. The van der Waals surface area contributed by atoms with Crippen LogP contribution in [0.5, 0.6) is 0 Å². The van der Waals surface area contributed by atoms with Gasteiger partial charge in [-0.05, 0) is 35.7 Å². The van der Waals surface area contributed by atoms with Gasteiger partial charge in [-0.1, -0.05) is 5.10 Å². The number of hydrogen-bond acceptors (Lipinski definition) is 5. The molecular formula is C10H12ClN3OS. The zero-order valence-corrected chi connectivity index (χ0v) is 10.4. The van der Waals surface area contributed by atoms with Crippen LogP contribution in [0.1, 0.15) is 23.8 Å². The van der Waals surface area contributed by atoms with E-state index in [0.717, 1.165) is 13.0 Å². The summed E-state index contributed by atoms with van der Waals surface area (Å²) in [7, 11) is 0. The lowest BCUT2D eigenvalue weighted by Crippen LogP contribution is -2.04. The minimum absolute atomic E-state index is 0.250. The summed E-state index contributed by atoms with van der Waals surface area (Å²) >= 11 is 7.51.